The Labute approximate surface area is 274 Å². The monoisotopic (exact) mass is 675 g/mol. The average molecular weight is 677 g/mol. The lowest BCUT2D eigenvalue weighted by Crippen LogP contribution is -2.48. The molecule has 2 saturated heterocycles. The molecule has 0 radical (unpaired) electrons. The number of benzene rings is 2. The zero-order valence-electron chi connectivity index (χ0n) is 25.3. The second-order valence-electron chi connectivity index (χ2n) is 11.6. The number of ether oxygens (including phenoxy) is 1. The summed E-state index contributed by atoms with van der Waals surface area (Å²) in [4.78, 5) is 31.9. The molecule has 5 rings (SSSR count). The number of halogens is 2. The van der Waals surface area contributed by atoms with E-state index >= 15 is 0 Å². The predicted molar refractivity (Wildman–Crippen MR) is 175 cm³/mol. The van der Waals surface area contributed by atoms with E-state index in [1.807, 2.05) is 36.1 Å². The summed E-state index contributed by atoms with van der Waals surface area (Å²) >= 11 is 13.2. The van der Waals surface area contributed by atoms with Crippen LogP contribution in [0.4, 0.5) is 0 Å². The van der Waals surface area contributed by atoms with Crippen molar-refractivity contribution in [3.63, 3.8) is 0 Å². The highest BCUT2D eigenvalue weighted by molar-refractivity contribution is 7.89. The zero-order chi connectivity index (χ0) is 32.1. The summed E-state index contributed by atoms with van der Waals surface area (Å²) in [6, 6.07) is 11.5. The molecule has 0 bridgehead atoms. The topological polar surface area (TPSA) is 135 Å². The molecular weight excluding hydrogens is 637 g/mol. The molecule has 2 aromatic carbocycles. The molecule has 2 aliphatic rings. The molecule has 0 saturated carbocycles. The van der Waals surface area contributed by atoms with Crippen LogP contribution in [-0.4, -0.2) is 73.2 Å². The molecule has 0 spiro atoms. The summed E-state index contributed by atoms with van der Waals surface area (Å²) in [6.07, 6.45) is 3.65. The first-order chi connectivity index (χ1) is 21.6. The first-order valence-corrected chi connectivity index (χ1v) is 17.5. The van der Waals surface area contributed by atoms with Gasteiger partial charge in [0.1, 0.15) is 28.8 Å². The van der Waals surface area contributed by atoms with Crippen molar-refractivity contribution in [1.29, 1.82) is 0 Å². The van der Waals surface area contributed by atoms with Gasteiger partial charge in [-0.05, 0) is 75.8 Å². The molecule has 1 atom stereocenters. The van der Waals surface area contributed by atoms with Crippen molar-refractivity contribution >= 4 is 55.9 Å². The fourth-order valence-electron chi connectivity index (χ4n) is 5.97. The smallest absolute Gasteiger partial charge is 0.245 e. The van der Waals surface area contributed by atoms with E-state index in [9.17, 15) is 18.0 Å². The Balaban J connectivity index is 1.24. The van der Waals surface area contributed by atoms with Gasteiger partial charge < -0.3 is 20.7 Å². The van der Waals surface area contributed by atoms with Gasteiger partial charge in [-0.2, -0.15) is 4.31 Å². The highest BCUT2D eigenvalue weighted by Gasteiger charge is 2.41. The number of nitrogens with zero attached hydrogens (tertiary/aromatic N) is 3. The molecule has 45 heavy (non-hydrogen) atoms. The number of aryl methyl sites for hydroxylation is 1. The van der Waals surface area contributed by atoms with E-state index in [4.69, 9.17) is 33.7 Å². The third kappa shape index (κ3) is 7.55. The zero-order valence-corrected chi connectivity index (χ0v) is 27.6. The summed E-state index contributed by atoms with van der Waals surface area (Å²) < 4.78 is 35.2. The minimum atomic E-state index is -4.13. The molecule has 3 heterocycles. The lowest BCUT2D eigenvalue weighted by molar-refractivity contribution is -0.133. The van der Waals surface area contributed by atoms with E-state index in [-0.39, 0.29) is 45.8 Å². The van der Waals surface area contributed by atoms with Gasteiger partial charge in [-0.3, -0.25) is 9.59 Å². The lowest BCUT2D eigenvalue weighted by Gasteiger charge is -2.32. The summed E-state index contributed by atoms with van der Waals surface area (Å²) in [5.74, 6) is 0.528. The number of piperidine rings is 1. The number of likely N-dealkylation sites (tertiary alicyclic amines) is 1. The van der Waals surface area contributed by atoms with Gasteiger partial charge in [-0.1, -0.05) is 41.4 Å². The quantitative estimate of drug-likeness (QED) is 0.301. The van der Waals surface area contributed by atoms with Crippen molar-refractivity contribution in [2.24, 2.45) is 11.7 Å². The maximum atomic E-state index is 13.9. The predicted octanol–water partition coefficient (Wildman–Crippen LogP) is 4.68. The standard InChI is InChI=1S/C32H39Cl2N5O5S/c1-21-9-10-23-5-2-7-27(31(23)37-21)44-20-24-25(33)11-12-28(30(24)34)45(42,43)39-16-4-6-26(39)32(41)36-19-22-13-17-38(18-14-22)29(40)8-3-15-35/h2,5,7,9-12,22,26H,3-4,6,8,13-20,35H2,1H3,(H,36,41)/t26-/m0/s1. The largest absolute Gasteiger partial charge is 0.487 e. The van der Waals surface area contributed by atoms with E-state index in [1.54, 1.807) is 6.07 Å². The molecular formula is C32H39Cl2N5O5S. The molecule has 2 amide bonds. The summed E-state index contributed by atoms with van der Waals surface area (Å²) in [5, 5.41) is 4.11. The number of nitrogens with two attached hydrogens (primary N) is 1. The minimum Gasteiger partial charge on any atom is -0.487 e. The summed E-state index contributed by atoms with van der Waals surface area (Å²) in [6.45, 7) is 4.23. The van der Waals surface area contributed by atoms with Crippen molar-refractivity contribution in [2.45, 2.75) is 63.0 Å². The highest BCUT2D eigenvalue weighted by Crippen LogP contribution is 2.36. The molecule has 3 aromatic rings. The van der Waals surface area contributed by atoms with Crippen molar-refractivity contribution in [3.8, 4) is 5.75 Å². The summed E-state index contributed by atoms with van der Waals surface area (Å²) in [7, 11) is -4.13. The fraction of sp³-hybridized carbons (Fsp3) is 0.469. The fourth-order valence-corrected chi connectivity index (χ4v) is 8.49. The molecule has 10 nitrogen and oxygen atoms in total. The van der Waals surface area contributed by atoms with Gasteiger partial charge in [0.25, 0.3) is 0 Å². The number of fused-ring (bicyclic) bond motifs is 1. The van der Waals surface area contributed by atoms with Gasteiger partial charge in [-0.25, -0.2) is 13.4 Å². The first-order valence-electron chi connectivity index (χ1n) is 15.3. The normalized spacial score (nSPS) is 18.0. The van der Waals surface area contributed by atoms with E-state index in [2.05, 4.69) is 10.3 Å². The molecule has 3 N–H and O–H groups in total. The molecule has 2 fully saturated rings. The number of carbonyl (C=O) groups is 2. The third-order valence-corrected chi connectivity index (χ3v) is 11.4. The number of rotatable bonds is 11. The number of para-hydroxylation sites is 1. The Bertz CT molecular complexity index is 1660. The SMILES string of the molecule is Cc1ccc2cccc(OCc3c(Cl)ccc(S(=O)(=O)N4CCC[C@H]4C(=O)NCC4CCN(C(=O)CCCN)CC4)c3Cl)c2n1. The molecule has 242 valence electrons. The number of amides is 2. The average Bonchev–Trinajstić information content (AvgIpc) is 3.54. The number of pyridine rings is 1. The Morgan fingerprint density at radius 2 is 1.84 bits per heavy atom. The van der Waals surface area contributed by atoms with Crippen molar-refractivity contribution in [3.05, 3.63) is 63.8 Å². The van der Waals surface area contributed by atoms with E-state index in [1.165, 1.54) is 16.4 Å². The minimum absolute atomic E-state index is 0.0364. The lowest BCUT2D eigenvalue weighted by atomic mass is 9.96. The van der Waals surface area contributed by atoms with Gasteiger partial charge in [0.15, 0.2) is 0 Å². The maximum absolute atomic E-state index is 13.9. The van der Waals surface area contributed by atoms with Crippen LogP contribution in [0, 0.1) is 12.8 Å². The number of nitrogens with one attached hydrogen (secondary N) is 1. The van der Waals surface area contributed by atoms with Gasteiger partial charge in [0.2, 0.25) is 21.8 Å². The van der Waals surface area contributed by atoms with E-state index in [0.717, 1.165) is 23.9 Å². The van der Waals surface area contributed by atoms with Gasteiger partial charge in [0, 0.05) is 54.3 Å². The van der Waals surface area contributed by atoms with Crippen LogP contribution in [-0.2, 0) is 26.2 Å². The number of carbonyl (C=O) groups excluding carboxylic acids is 2. The molecule has 2 aliphatic heterocycles. The Morgan fingerprint density at radius 3 is 2.60 bits per heavy atom. The number of hydrogen-bond donors (Lipinski definition) is 2. The third-order valence-electron chi connectivity index (χ3n) is 8.57. The molecule has 0 unspecified atom stereocenters. The van der Waals surface area contributed by atoms with Crippen LogP contribution in [0.1, 0.15) is 49.8 Å². The van der Waals surface area contributed by atoms with Crippen LogP contribution >= 0.6 is 23.2 Å². The second kappa shape index (κ2) is 14.6. The van der Waals surface area contributed by atoms with Crippen molar-refractivity contribution in [2.75, 3.05) is 32.7 Å². The van der Waals surface area contributed by atoms with Crippen molar-refractivity contribution in [1.82, 2.24) is 19.5 Å². The van der Waals surface area contributed by atoms with Crippen LogP contribution in [0.3, 0.4) is 0 Å². The Morgan fingerprint density at radius 1 is 1.07 bits per heavy atom. The maximum Gasteiger partial charge on any atom is 0.245 e. The molecule has 1 aromatic heterocycles. The first kappa shape index (κ1) is 33.4. The van der Waals surface area contributed by atoms with Crippen LogP contribution in [0.2, 0.25) is 10.0 Å². The Kier molecular flexibility index (Phi) is 10.9. The molecule has 0 aliphatic carbocycles. The summed E-state index contributed by atoms with van der Waals surface area (Å²) in [5.41, 5.74) is 7.37. The van der Waals surface area contributed by atoms with Gasteiger partial charge in [-0.15, -0.1) is 0 Å². The van der Waals surface area contributed by atoms with E-state index in [0.29, 0.717) is 68.7 Å². The number of aromatic nitrogens is 1. The van der Waals surface area contributed by atoms with Crippen LogP contribution in [0.15, 0.2) is 47.4 Å². The van der Waals surface area contributed by atoms with Crippen LogP contribution in [0.25, 0.3) is 10.9 Å². The number of sulfonamides is 1. The molecule has 13 heteroatoms. The van der Waals surface area contributed by atoms with Gasteiger partial charge in [0.05, 0.1) is 5.02 Å². The van der Waals surface area contributed by atoms with Gasteiger partial charge >= 0.3 is 0 Å². The Hall–Kier alpha value is -2.96. The second-order valence-corrected chi connectivity index (χ2v) is 14.3. The van der Waals surface area contributed by atoms with Crippen molar-refractivity contribution < 1.29 is 22.7 Å². The van der Waals surface area contributed by atoms with Crippen LogP contribution < -0.4 is 15.8 Å². The van der Waals surface area contributed by atoms with Crippen LogP contribution in [0.5, 0.6) is 5.75 Å². The highest BCUT2D eigenvalue weighted by atomic mass is 35.5. The van der Waals surface area contributed by atoms with E-state index < -0.39 is 16.1 Å². The number of hydrogen-bond acceptors (Lipinski definition) is 7.